The van der Waals surface area contributed by atoms with E-state index in [1.807, 2.05) is 10.8 Å². The van der Waals surface area contributed by atoms with E-state index >= 15 is 0 Å². The van der Waals surface area contributed by atoms with Crippen LogP contribution in [0.5, 0.6) is 0 Å². The third kappa shape index (κ3) is 6.46. The van der Waals surface area contributed by atoms with Crippen LogP contribution in [0.25, 0.3) is 0 Å². The number of piperidine rings is 1. The lowest BCUT2D eigenvalue weighted by molar-refractivity contribution is -0.122. The van der Waals surface area contributed by atoms with Crippen molar-refractivity contribution in [3.05, 3.63) is 22.4 Å². The van der Waals surface area contributed by atoms with Crippen molar-refractivity contribution in [1.82, 2.24) is 16.0 Å². The zero-order valence-electron chi connectivity index (χ0n) is 11.9. The van der Waals surface area contributed by atoms with E-state index in [0.29, 0.717) is 31.0 Å². The minimum absolute atomic E-state index is 0. The fourth-order valence-corrected chi connectivity index (χ4v) is 2.85. The summed E-state index contributed by atoms with van der Waals surface area (Å²) >= 11 is 1.50. The smallest absolute Gasteiger partial charge is 0.252 e. The van der Waals surface area contributed by atoms with E-state index in [1.165, 1.54) is 11.3 Å². The zero-order chi connectivity index (χ0) is 14.2. The summed E-state index contributed by atoms with van der Waals surface area (Å²) in [5.74, 6) is 0.0201. The van der Waals surface area contributed by atoms with E-state index in [1.54, 1.807) is 6.07 Å². The molecule has 0 radical (unpaired) electrons. The Bertz CT molecular complexity index is 433. The fourth-order valence-electron chi connectivity index (χ4n) is 2.21. The first-order chi connectivity index (χ1) is 9.75. The molecule has 2 rings (SSSR count). The van der Waals surface area contributed by atoms with Crippen LogP contribution >= 0.6 is 23.7 Å². The molecule has 118 valence electrons. The number of thiophene rings is 1. The molecule has 5 nitrogen and oxygen atoms in total. The Kier molecular flexibility index (Phi) is 8.34. The summed E-state index contributed by atoms with van der Waals surface area (Å²) in [6.45, 7) is 2.48. The molecule has 1 fully saturated rings. The number of rotatable bonds is 6. The van der Waals surface area contributed by atoms with Gasteiger partial charge in [0.25, 0.3) is 5.91 Å². The Morgan fingerprint density at radius 3 is 2.76 bits per heavy atom. The van der Waals surface area contributed by atoms with Crippen molar-refractivity contribution >= 4 is 35.6 Å². The number of amides is 2. The van der Waals surface area contributed by atoms with Gasteiger partial charge in [0.1, 0.15) is 0 Å². The molecule has 7 heteroatoms. The minimum atomic E-state index is -0.0648. The van der Waals surface area contributed by atoms with Crippen LogP contribution in [-0.4, -0.2) is 37.5 Å². The molecule has 1 aliphatic rings. The van der Waals surface area contributed by atoms with Crippen molar-refractivity contribution in [2.24, 2.45) is 0 Å². The lowest BCUT2D eigenvalue weighted by Crippen LogP contribution is -2.42. The Morgan fingerprint density at radius 1 is 1.33 bits per heavy atom. The largest absolute Gasteiger partial charge is 0.353 e. The number of carbonyl (C=O) groups is 2. The molecular weight excluding hydrogens is 310 g/mol. The predicted molar refractivity (Wildman–Crippen MR) is 87.2 cm³/mol. The Morgan fingerprint density at radius 2 is 2.10 bits per heavy atom. The highest BCUT2D eigenvalue weighted by Crippen LogP contribution is 2.05. The highest BCUT2D eigenvalue weighted by molar-refractivity contribution is 7.08. The average molecular weight is 332 g/mol. The van der Waals surface area contributed by atoms with Gasteiger partial charge in [-0.2, -0.15) is 11.3 Å². The van der Waals surface area contributed by atoms with E-state index in [-0.39, 0.29) is 24.2 Å². The maximum absolute atomic E-state index is 11.7. The number of hydrogen-bond acceptors (Lipinski definition) is 4. The lowest BCUT2D eigenvalue weighted by Gasteiger charge is -2.23. The minimum Gasteiger partial charge on any atom is -0.353 e. The molecule has 0 unspecified atom stereocenters. The molecule has 0 spiro atoms. The van der Waals surface area contributed by atoms with E-state index in [0.717, 1.165) is 25.9 Å². The van der Waals surface area contributed by atoms with Crippen molar-refractivity contribution in [1.29, 1.82) is 0 Å². The summed E-state index contributed by atoms with van der Waals surface area (Å²) in [5.41, 5.74) is 0.689. The van der Waals surface area contributed by atoms with Crippen LogP contribution in [0.4, 0.5) is 0 Å². The first-order valence-corrected chi connectivity index (χ1v) is 8.00. The molecule has 21 heavy (non-hydrogen) atoms. The van der Waals surface area contributed by atoms with Gasteiger partial charge in [0.2, 0.25) is 5.91 Å². The Balaban J connectivity index is 0.00000220. The normalized spacial score (nSPS) is 15.0. The van der Waals surface area contributed by atoms with Gasteiger partial charge in [-0.3, -0.25) is 9.59 Å². The molecule has 1 aromatic rings. The Hall–Kier alpha value is -1.11. The lowest BCUT2D eigenvalue weighted by atomic mass is 10.1. The second-order valence-corrected chi connectivity index (χ2v) is 5.74. The number of halogens is 1. The van der Waals surface area contributed by atoms with Crippen LogP contribution in [0.15, 0.2) is 16.8 Å². The summed E-state index contributed by atoms with van der Waals surface area (Å²) in [5, 5.41) is 12.8. The molecule has 1 aromatic heterocycles. The van der Waals surface area contributed by atoms with Gasteiger partial charge in [-0.25, -0.2) is 0 Å². The SMILES string of the molecule is Cl.O=C(CCCNC(=O)c1ccsc1)NC1CCNCC1. The monoisotopic (exact) mass is 331 g/mol. The predicted octanol–water partition coefficient (Wildman–Crippen LogP) is 1.55. The standard InChI is InChI=1S/C14H21N3O2S.ClH/c18-13(17-12-3-7-15-8-4-12)2-1-6-16-14(19)11-5-9-20-10-11;/h5,9-10,12,15H,1-4,6-8H2,(H,16,19)(H,17,18);1H. The number of carbonyl (C=O) groups excluding carboxylic acids is 2. The fraction of sp³-hybridized carbons (Fsp3) is 0.571. The van der Waals surface area contributed by atoms with Crippen molar-refractivity contribution in [2.75, 3.05) is 19.6 Å². The first kappa shape index (κ1) is 17.9. The second kappa shape index (κ2) is 9.76. The van der Waals surface area contributed by atoms with Gasteiger partial charge in [0.15, 0.2) is 0 Å². The number of nitrogens with one attached hydrogen (secondary N) is 3. The zero-order valence-corrected chi connectivity index (χ0v) is 13.5. The topological polar surface area (TPSA) is 70.2 Å². The quantitative estimate of drug-likeness (QED) is 0.693. The molecule has 0 aliphatic carbocycles. The van der Waals surface area contributed by atoms with Crippen LogP contribution < -0.4 is 16.0 Å². The van der Waals surface area contributed by atoms with Crippen LogP contribution in [-0.2, 0) is 4.79 Å². The van der Waals surface area contributed by atoms with Crippen LogP contribution in [0.2, 0.25) is 0 Å². The van der Waals surface area contributed by atoms with Crippen molar-refractivity contribution < 1.29 is 9.59 Å². The van der Waals surface area contributed by atoms with Crippen molar-refractivity contribution in [3.8, 4) is 0 Å². The van der Waals surface area contributed by atoms with Gasteiger partial charge in [0.05, 0.1) is 0 Å². The summed E-state index contributed by atoms with van der Waals surface area (Å²) < 4.78 is 0. The first-order valence-electron chi connectivity index (χ1n) is 7.06. The summed E-state index contributed by atoms with van der Waals surface area (Å²) in [6.07, 6.45) is 3.14. The molecule has 1 saturated heterocycles. The van der Waals surface area contributed by atoms with Gasteiger partial charge in [-0.15, -0.1) is 12.4 Å². The van der Waals surface area contributed by atoms with Gasteiger partial charge >= 0.3 is 0 Å². The van der Waals surface area contributed by atoms with Crippen LogP contribution in [0.1, 0.15) is 36.0 Å². The van der Waals surface area contributed by atoms with Gasteiger partial charge in [-0.1, -0.05) is 0 Å². The van der Waals surface area contributed by atoms with E-state index in [2.05, 4.69) is 16.0 Å². The maximum atomic E-state index is 11.7. The molecule has 0 bridgehead atoms. The highest BCUT2D eigenvalue weighted by Gasteiger charge is 2.14. The van der Waals surface area contributed by atoms with E-state index in [4.69, 9.17) is 0 Å². The summed E-state index contributed by atoms with van der Waals surface area (Å²) in [6, 6.07) is 2.10. The molecule has 3 N–H and O–H groups in total. The molecule has 0 atom stereocenters. The van der Waals surface area contributed by atoms with Gasteiger partial charge < -0.3 is 16.0 Å². The third-order valence-corrected chi connectivity index (χ3v) is 4.04. The number of hydrogen-bond donors (Lipinski definition) is 3. The molecule has 2 heterocycles. The molecular formula is C14H22ClN3O2S. The maximum Gasteiger partial charge on any atom is 0.252 e. The summed E-state index contributed by atoms with van der Waals surface area (Å²) in [7, 11) is 0. The van der Waals surface area contributed by atoms with Crippen molar-refractivity contribution in [2.45, 2.75) is 31.7 Å². The summed E-state index contributed by atoms with van der Waals surface area (Å²) in [4.78, 5) is 23.4. The van der Waals surface area contributed by atoms with Gasteiger partial charge in [-0.05, 0) is 43.8 Å². The molecule has 2 amide bonds. The van der Waals surface area contributed by atoms with Gasteiger partial charge in [0, 0.05) is 30.0 Å². The second-order valence-electron chi connectivity index (χ2n) is 4.96. The highest BCUT2D eigenvalue weighted by atomic mass is 35.5. The Labute approximate surface area is 135 Å². The van der Waals surface area contributed by atoms with E-state index in [9.17, 15) is 9.59 Å². The van der Waals surface area contributed by atoms with Crippen molar-refractivity contribution in [3.63, 3.8) is 0 Å². The molecule has 0 saturated carbocycles. The molecule has 0 aromatic carbocycles. The molecule has 1 aliphatic heterocycles. The third-order valence-electron chi connectivity index (χ3n) is 3.35. The van der Waals surface area contributed by atoms with E-state index < -0.39 is 0 Å². The average Bonchev–Trinajstić information content (AvgIpc) is 2.99. The van der Waals surface area contributed by atoms with Crippen LogP contribution in [0, 0.1) is 0 Å². The van der Waals surface area contributed by atoms with Crippen LogP contribution in [0.3, 0.4) is 0 Å².